The normalized spacial score (nSPS) is 17.0. The van der Waals surface area contributed by atoms with E-state index in [1.165, 1.54) is 12.8 Å². The molecular formula is C12H23N3O2. The summed E-state index contributed by atoms with van der Waals surface area (Å²) in [5.41, 5.74) is 4.65. The molecule has 5 nitrogen and oxygen atoms in total. The summed E-state index contributed by atoms with van der Waals surface area (Å²) < 4.78 is 0. The molecule has 0 atom stereocenters. The van der Waals surface area contributed by atoms with Crippen LogP contribution in [-0.4, -0.2) is 34.9 Å². The quantitative estimate of drug-likeness (QED) is 0.319. The highest BCUT2D eigenvalue weighted by Gasteiger charge is 2.38. The Morgan fingerprint density at radius 1 is 1.53 bits per heavy atom. The Kier molecular flexibility index (Phi) is 4.37. The maximum atomic E-state index is 12.4. The molecule has 0 spiro atoms. The second kappa shape index (κ2) is 5.38. The predicted molar refractivity (Wildman–Crippen MR) is 66.8 cm³/mol. The molecule has 0 aromatic rings. The van der Waals surface area contributed by atoms with Gasteiger partial charge in [-0.25, -0.2) is 0 Å². The molecule has 0 heterocycles. The lowest BCUT2D eigenvalue weighted by atomic mass is 9.90. The van der Waals surface area contributed by atoms with Crippen LogP contribution in [0.2, 0.25) is 0 Å². The first-order chi connectivity index (χ1) is 7.93. The van der Waals surface area contributed by atoms with Gasteiger partial charge in [-0.05, 0) is 39.0 Å². The van der Waals surface area contributed by atoms with Crippen LogP contribution in [0.1, 0.15) is 40.0 Å². The number of rotatable bonds is 6. The number of amides is 1. The van der Waals surface area contributed by atoms with Crippen LogP contribution in [0.25, 0.3) is 0 Å². The molecule has 1 aliphatic rings. The number of carbonyl (C=O) groups excluding carboxylic acids is 1. The standard InChI is InChI=1S/C12H23N3O2/c1-4-7-15(8-9-5-6-9)11(16)12(2,3)10(13)14-17/h9,17H,4-8H2,1-3H3,(H2,13,14). The Labute approximate surface area is 103 Å². The number of hydrogen-bond donors (Lipinski definition) is 2. The van der Waals surface area contributed by atoms with Gasteiger partial charge in [0.05, 0.1) is 0 Å². The zero-order chi connectivity index (χ0) is 13.1. The minimum absolute atomic E-state index is 0.0283. The van der Waals surface area contributed by atoms with E-state index in [1.807, 2.05) is 11.8 Å². The smallest absolute Gasteiger partial charge is 0.235 e. The largest absolute Gasteiger partial charge is 0.409 e. The first kappa shape index (κ1) is 13.8. The number of nitrogens with zero attached hydrogens (tertiary/aromatic N) is 2. The summed E-state index contributed by atoms with van der Waals surface area (Å²) in [4.78, 5) is 14.2. The molecule has 1 saturated carbocycles. The fraction of sp³-hybridized carbons (Fsp3) is 0.833. The van der Waals surface area contributed by atoms with E-state index in [2.05, 4.69) is 5.16 Å². The van der Waals surface area contributed by atoms with E-state index in [0.717, 1.165) is 19.5 Å². The van der Waals surface area contributed by atoms with Crippen LogP contribution in [0.4, 0.5) is 0 Å². The Bertz CT molecular complexity index is 309. The van der Waals surface area contributed by atoms with Gasteiger partial charge in [-0.1, -0.05) is 12.1 Å². The van der Waals surface area contributed by atoms with Crippen molar-refractivity contribution in [3.8, 4) is 0 Å². The molecule has 0 aromatic carbocycles. The van der Waals surface area contributed by atoms with Crippen molar-refractivity contribution >= 4 is 11.7 Å². The van der Waals surface area contributed by atoms with Gasteiger partial charge in [-0.3, -0.25) is 4.79 Å². The van der Waals surface area contributed by atoms with Crippen LogP contribution >= 0.6 is 0 Å². The summed E-state index contributed by atoms with van der Waals surface area (Å²) in [6, 6.07) is 0. The molecule has 1 rings (SSSR count). The van der Waals surface area contributed by atoms with Gasteiger partial charge in [0.15, 0.2) is 5.84 Å². The Balaban J connectivity index is 2.74. The molecule has 98 valence electrons. The van der Waals surface area contributed by atoms with Crippen molar-refractivity contribution in [2.45, 2.75) is 40.0 Å². The van der Waals surface area contributed by atoms with Crippen molar-refractivity contribution in [3.63, 3.8) is 0 Å². The van der Waals surface area contributed by atoms with Crippen molar-refractivity contribution in [3.05, 3.63) is 0 Å². The van der Waals surface area contributed by atoms with Crippen LogP contribution in [0.15, 0.2) is 5.16 Å². The minimum atomic E-state index is -0.932. The van der Waals surface area contributed by atoms with E-state index in [-0.39, 0.29) is 11.7 Å². The van der Waals surface area contributed by atoms with E-state index in [9.17, 15) is 4.79 Å². The molecule has 1 fully saturated rings. The number of oxime groups is 1. The first-order valence-electron chi connectivity index (χ1n) is 6.20. The van der Waals surface area contributed by atoms with Gasteiger partial charge in [0.2, 0.25) is 5.91 Å². The third-order valence-corrected chi connectivity index (χ3v) is 3.24. The third kappa shape index (κ3) is 3.35. The number of carbonyl (C=O) groups is 1. The van der Waals surface area contributed by atoms with E-state index >= 15 is 0 Å². The van der Waals surface area contributed by atoms with Gasteiger partial charge in [-0.2, -0.15) is 0 Å². The van der Waals surface area contributed by atoms with Gasteiger partial charge in [-0.15, -0.1) is 0 Å². The summed E-state index contributed by atoms with van der Waals surface area (Å²) in [6.07, 6.45) is 3.33. The second-order valence-corrected chi connectivity index (χ2v) is 5.30. The van der Waals surface area contributed by atoms with Crippen molar-refractivity contribution in [2.24, 2.45) is 22.2 Å². The summed E-state index contributed by atoms with van der Waals surface area (Å²) >= 11 is 0. The van der Waals surface area contributed by atoms with Gasteiger partial charge in [0.1, 0.15) is 5.41 Å². The zero-order valence-electron chi connectivity index (χ0n) is 10.9. The van der Waals surface area contributed by atoms with Crippen LogP contribution in [0, 0.1) is 11.3 Å². The number of nitrogens with two attached hydrogens (primary N) is 1. The maximum Gasteiger partial charge on any atom is 0.235 e. The molecule has 1 aliphatic carbocycles. The fourth-order valence-corrected chi connectivity index (χ4v) is 1.79. The summed E-state index contributed by atoms with van der Waals surface area (Å²) in [6.45, 7) is 6.97. The zero-order valence-corrected chi connectivity index (χ0v) is 10.9. The lowest BCUT2D eigenvalue weighted by molar-refractivity contribution is -0.137. The average molecular weight is 241 g/mol. The molecular weight excluding hydrogens is 218 g/mol. The molecule has 0 unspecified atom stereocenters. The second-order valence-electron chi connectivity index (χ2n) is 5.30. The van der Waals surface area contributed by atoms with E-state index in [4.69, 9.17) is 10.9 Å². The highest BCUT2D eigenvalue weighted by molar-refractivity contribution is 6.05. The molecule has 0 aromatic heterocycles. The Hall–Kier alpha value is -1.26. The summed E-state index contributed by atoms with van der Waals surface area (Å²) in [7, 11) is 0. The molecule has 0 radical (unpaired) electrons. The molecule has 1 amide bonds. The lowest BCUT2D eigenvalue weighted by Gasteiger charge is -2.31. The van der Waals surface area contributed by atoms with Crippen LogP contribution in [-0.2, 0) is 4.79 Å². The highest BCUT2D eigenvalue weighted by Crippen LogP contribution is 2.31. The van der Waals surface area contributed by atoms with Crippen molar-refractivity contribution in [1.82, 2.24) is 4.90 Å². The van der Waals surface area contributed by atoms with Crippen LogP contribution in [0.5, 0.6) is 0 Å². The van der Waals surface area contributed by atoms with Crippen molar-refractivity contribution < 1.29 is 10.0 Å². The molecule has 0 bridgehead atoms. The highest BCUT2D eigenvalue weighted by atomic mass is 16.4. The molecule has 3 N–H and O–H groups in total. The summed E-state index contributed by atoms with van der Waals surface area (Å²) in [5.74, 6) is 0.564. The number of hydrogen-bond acceptors (Lipinski definition) is 3. The first-order valence-corrected chi connectivity index (χ1v) is 6.20. The Morgan fingerprint density at radius 2 is 2.12 bits per heavy atom. The topological polar surface area (TPSA) is 78.9 Å². The lowest BCUT2D eigenvalue weighted by Crippen LogP contribution is -2.48. The summed E-state index contributed by atoms with van der Waals surface area (Å²) in [5, 5.41) is 11.7. The minimum Gasteiger partial charge on any atom is -0.409 e. The van der Waals surface area contributed by atoms with Gasteiger partial charge < -0.3 is 15.8 Å². The SMILES string of the molecule is CCCN(CC1CC1)C(=O)C(C)(C)C(N)=NO. The number of amidine groups is 1. The average Bonchev–Trinajstić information content (AvgIpc) is 3.10. The van der Waals surface area contributed by atoms with Crippen molar-refractivity contribution in [1.29, 1.82) is 0 Å². The molecule has 0 saturated heterocycles. The van der Waals surface area contributed by atoms with E-state index in [0.29, 0.717) is 5.92 Å². The van der Waals surface area contributed by atoms with Gasteiger partial charge >= 0.3 is 0 Å². The third-order valence-electron chi connectivity index (χ3n) is 3.24. The van der Waals surface area contributed by atoms with Gasteiger partial charge in [0.25, 0.3) is 0 Å². The molecule has 0 aliphatic heterocycles. The van der Waals surface area contributed by atoms with E-state index < -0.39 is 5.41 Å². The molecule has 17 heavy (non-hydrogen) atoms. The predicted octanol–water partition coefficient (Wildman–Crippen LogP) is 1.41. The van der Waals surface area contributed by atoms with Crippen molar-refractivity contribution in [2.75, 3.05) is 13.1 Å². The Morgan fingerprint density at radius 3 is 2.53 bits per heavy atom. The van der Waals surface area contributed by atoms with Gasteiger partial charge in [0, 0.05) is 13.1 Å². The van der Waals surface area contributed by atoms with Crippen LogP contribution < -0.4 is 5.73 Å². The van der Waals surface area contributed by atoms with Crippen LogP contribution in [0.3, 0.4) is 0 Å². The van der Waals surface area contributed by atoms with E-state index in [1.54, 1.807) is 13.8 Å². The molecule has 5 heteroatoms. The fourth-order valence-electron chi connectivity index (χ4n) is 1.79. The monoisotopic (exact) mass is 241 g/mol. The maximum absolute atomic E-state index is 12.4.